The summed E-state index contributed by atoms with van der Waals surface area (Å²) in [5.74, 6) is 0.681. The smallest absolute Gasteiger partial charge is 0.225 e. The van der Waals surface area contributed by atoms with E-state index >= 15 is 0 Å². The molecule has 4 heteroatoms. The number of anilines is 1. The summed E-state index contributed by atoms with van der Waals surface area (Å²) in [4.78, 5) is 16.7. The van der Waals surface area contributed by atoms with Crippen LogP contribution in [0, 0.1) is 5.92 Å². The maximum Gasteiger partial charge on any atom is 0.225 e. The van der Waals surface area contributed by atoms with Crippen LogP contribution in [-0.4, -0.2) is 37.0 Å². The van der Waals surface area contributed by atoms with E-state index in [4.69, 9.17) is 11.6 Å². The predicted octanol–water partition coefficient (Wildman–Crippen LogP) is 3.18. The topological polar surface area (TPSA) is 23.6 Å². The Hall–Kier alpha value is -1.22. The van der Waals surface area contributed by atoms with Crippen molar-refractivity contribution in [3.8, 4) is 0 Å². The molecule has 2 aliphatic rings. The second kappa shape index (κ2) is 6.04. The summed E-state index contributed by atoms with van der Waals surface area (Å²) in [6, 6.07) is 7.95. The molecule has 20 heavy (non-hydrogen) atoms. The van der Waals surface area contributed by atoms with Gasteiger partial charge in [0.05, 0.1) is 0 Å². The molecular weight excluding hydrogens is 272 g/mol. The largest absolute Gasteiger partial charge is 0.368 e. The average molecular weight is 293 g/mol. The number of rotatable bonds is 2. The van der Waals surface area contributed by atoms with Crippen LogP contribution in [0.15, 0.2) is 24.3 Å². The van der Waals surface area contributed by atoms with E-state index in [0.717, 1.165) is 49.7 Å². The number of carbonyl (C=O) groups is 1. The molecule has 0 atom stereocenters. The second-order valence-electron chi connectivity index (χ2n) is 5.77. The van der Waals surface area contributed by atoms with E-state index in [1.165, 1.54) is 12.8 Å². The molecule has 1 aromatic carbocycles. The first-order valence-corrected chi connectivity index (χ1v) is 7.91. The minimum atomic E-state index is 0.299. The van der Waals surface area contributed by atoms with E-state index in [1.807, 2.05) is 18.2 Å². The molecule has 1 aliphatic carbocycles. The van der Waals surface area contributed by atoms with Gasteiger partial charge in [0.2, 0.25) is 5.91 Å². The van der Waals surface area contributed by atoms with Gasteiger partial charge < -0.3 is 9.80 Å². The maximum atomic E-state index is 12.4. The van der Waals surface area contributed by atoms with E-state index in [-0.39, 0.29) is 0 Å². The zero-order valence-corrected chi connectivity index (χ0v) is 12.5. The van der Waals surface area contributed by atoms with Gasteiger partial charge in [0, 0.05) is 42.8 Å². The van der Waals surface area contributed by atoms with Gasteiger partial charge in [-0.3, -0.25) is 4.79 Å². The Labute approximate surface area is 125 Å². The van der Waals surface area contributed by atoms with Crippen molar-refractivity contribution in [2.45, 2.75) is 25.7 Å². The molecule has 1 saturated carbocycles. The van der Waals surface area contributed by atoms with E-state index in [2.05, 4.69) is 15.9 Å². The number of piperazine rings is 1. The molecule has 0 spiro atoms. The fourth-order valence-electron chi connectivity index (χ4n) is 3.29. The van der Waals surface area contributed by atoms with Gasteiger partial charge in [0.25, 0.3) is 0 Å². The fourth-order valence-corrected chi connectivity index (χ4v) is 3.47. The zero-order chi connectivity index (χ0) is 13.9. The first-order valence-electron chi connectivity index (χ1n) is 7.53. The molecule has 0 bridgehead atoms. The van der Waals surface area contributed by atoms with Gasteiger partial charge in [-0.25, -0.2) is 0 Å². The molecule has 1 aliphatic heterocycles. The van der Waals surface area contributed by atoms with Crippen molar-refractivity contribution in [1.82, 2.24) is 4.90 Å². The third kappa shape index (κ3) is 2.93. The molecule has 0 radical (unpaired) electrons. The van der Waals surface area contributed by atoms with Crippen LogP contribution >= 0.6 is 11.6 Å². The summed E-state index contributed by atoms with van der Waals surface area (Å²) >= 11 is 6.04. The van der Waals surface area contributed by atoms with Crippen LogP contribution in [-0.2, 0) is 4.79 Å². The molecule has 0 unspecified atom stereocenters. The van der Waals surface area contributed by atoms with Gasteiger partial charge in [-0.2, -0.15) is 0 Å². The average Bonchev–Trinajstić information content (AvgIpc) is 3.01. The van der Waals surface area contributed by atoms with Crippen molar-refractivity contribution in [1.29, 1.82) is 0 Å². The Bertz CT molecular complexity index is 477. The standard InChI is InChI=1S/C16H21ClN2O/c17-14-6-3-7-15(12-14)18-8-10-19(11-9-18)16(20)13-4-1-2-5-13/h3,6-7,12-13H,1-2,4-5,8-11H2. The first kappa shape index (κ1) is 13.7. The van der Waals surface area contributed by atoms with Gasteiger partial charge in [0.15, 0.2) is 0 Å². The quantitative estimate of drug-likeness (QED) is 0.836. The van der Waals surface area contributed by atoms with Crippen LogP contribution in [0.1, 0.15) is 25.7 Å². The van der Waals surface area contributed by atoms with Crippen molar-refractivity contribution >= 4 is 23.2 Å². The first-order chi connectivity index (χ1) is 9.74. The summed E-state index contributed by atoms with van der Waals surface area (Å²) in [5, 5.41) is 0.770. The molecule has 3 rings (SSSR count). The Morgan fingerprint density at radius 3 is 2.45 bits per heavy atom. The van der Waals surface area contributed by atoms with E-state index in [1.54, 1.807) is 0 Å². The highest BCUT2D eigenvalue weighted by molar-refractivity contribution is 6.30. The zero-order valence-electron chi connectivity index (χ0n) is 11.7. The summed E-state index contributed by atoms with van der Waals surface area (Å²) < 4.78 is 0. The van der Waals surface area contributed by atoms with Gasteiger partial charge in [0.1, 0.15) is 0 Å². The number of hydrogen-bond acceptors (Lipinski definition) is 2. The Kier molecular flexibility index (Phi) is 4.16. The SMILES string of the molecule is O=C(C1CCCC1)N1CCN(c2cccc(Cl)c2)CC1. The molecule has 0 N–H and O–H groups in total. The highest BCUT2D eigenvalue weighted by Crippen LogP contribution is 2.27. The maximum absolute atomic E-state index is 12.4. The van der Waals surface area contributed by atoms with Gasteiger partial charge >= 0.3 is 0 Å². The van der Waals surface area contributed by atoms with Crippen LogP contribution in [0.25, 0.3) is 0 Å². The lowest BCUT2D eigenvalue weighted by Crippen LogP contribution is -2.50. The third-order valence-electron chi connectivity index (χ3n) is 4.47. The van der Waals surface area contributed by atoms with Crippen LogP contribution < -0.4 is 4.90 Å². The van der Waals surface area contributed by atoms with Crippen LogP contribution in [0.4, 0.5) is 5.69 Å². The Morgan fingerprint density at radius 2 is 1.80 bits per heavy atom. The molecular formula is C16H21ClN2O. The number of benzene rings is 1. The van der Waals surface area contributed by atoms with Gasteiger partial charge in [-0.15, -0.1) is 0 Å². The number of hydrogen-bond donors (Lipinski definition) is 0. The van der Waals surface area contributed by atoms with E-state index in [0.29, 0.717) is 11.8 Å². The monoisotopic (exact) mass is 292 g/mol. The normalized spacial score (nSPS) is 20.4. The number of nitrogens with zero attached hydrogens (tertiary/aromatic N) is 2. The summed E-state index contributed by atoms with van der Waals surface area (Å²) in [5.41, 5.74) is 1.16. The van der Waals surface area contributed by atoms with Crippen molar-refractivity contribution < 1.29 is 4.79 Å². The molecule has 1 heterocycles. The highest BCUT2D eigenvalue weighted by Gasteiger charge is 2.29. The number of amides is 1. The van der Waals surface area contributed by atoms with E-state index in [9.17, 15) is 4.79 Å². The minimum Gasteiger partial charge on any atom is -0.368 e. The summed E-state index contributed by atoms with van der Waals surface area (Å²) in [7, 11) is 0. The van der Waals surface area contributed by atoms with Gasteiger partial charge in [-0.05, 0) is 31.0 Å². The summed E-state index contributed by atoms with van der Waals surface area (Å²) in [6.07, 6.45) is 4.62. The lowest BCUT2D eigenvalue weighted by atomic mass is 10.1. The minimum absolute atomic E-state index is 0.299. The lowest BCUT2D eigenvalue weighted by molar-refractivity contribution is -0.135. The van der Waals surface area contributed by atoms with Crippen molar-refractivity contribution in [3.05, 3.63) is 29.3 Å². The molecule has 108 valence electrons. The summed E-state index contributed by atoms with van der Waals surface area (Å²) in [6.45, 7) is 3.47. The predicted molar refractivity (Wildman–Crippen MR) is 82.2 cm³/mol. The van der Waals surface area contributed by atoms with Crippen molar-refractivity contribution in [2.24, 2.45) is 5.92 Å². The second-order valence-corrected chi connectivity index (χ2v) is 6.21. The van der Waals surface area contributed by atoms with Crippen molar-refractivity contribution in [2.75, 3.05) is 31.1 Å². The molecule has 0 aromatic heterocycles. The lowest BCUT2D eigenvalue weighted by Gasteiger charge is -2.37. The van der Waals surface area contributed by atoms with E-state index < -0.39 is 0 Å². The highest BCUT2D eigenvalue weighted by atomic mass is 35.5. The molecule has 3 nitrogen and oxygen atoms in total. The molecule has 1 saturated heterocycles. The number of halogens is 1. The van der Waals surface area contributed by atoms with Crippen LogP contribution in [0.5, 0.6) is 0 Å². The molecule has 2 fully saturated rings. The number of carbonyl (C=O) groups excluding carboxylic acids is 1. The third-order valence-corrected chi connectivity index (χ3v) is 4.70. The molecule has 1 amide bonds. The fraction of sp³-hybridized carbons (Fsp3) is 0.562. The van der Waals surface area contributed by atoms with Crippen LogP contribution in [0.2, 0.25) is 5.02 Å². The van der Waals surface area contributed by atoms with Crippen LogP contribution in [0.3, 0.4) is 0 Å². The van der Waals surface area contributed by atoms with Crippen molar-refractivity contribution in [3.63, 3.8) is 0 Å². The van der Waals surface area contributed by atoms with Gasteiger partial charge in [-0.1, -0.05) is 30.5 Å². The Balaban J connectivity index is 1.58. The Morgan fingerprint density at radius 1 is 1.10 bits per heavy atom. The molecule has 1 aromatic rings.